The summed E-state index contributed by atoms with van der Waals surface area (Å²) in [5.41, 5.74) is -0.268. The highest BCUT2D eigenvalue weighted by Gasteiger charge is 2.38. The van der Waals surface area contributed by atoms with Gasteiger partial charge in [0.2, 0.25) is 0 Å². The van der Waals surface area contributed by atoms with Crippen molar-refractivity contribution in [3.63, 3.8) is 0 Å². The maximum Gasteiger partial charge on any atom is 0.315 e. The topological polar surface area (TPSA) is 87.7 Å². The first-order valence-corrected chi connectivity index (χ1v) is 7.16. The molecule has 0 spiro atoms. The third-order valence-corrected chi connectivity index (χ3v) is 3.72. The average Bonchev–Trinajstić information content (AvgIpc) is 2.31. The number of ether oxygens (including phenoxy) is 1. The van der Waals surface area contributed by atoms with Gasteiger partial charge < -0.3 is 20.5 Å². The van der Waals surface area contributed by atoms with Gasteiger partial charge in [-0.05, 0) is 31.6 Å². The van der Waals surface area contributed by atoms with Gasteiger partial charge in [-0.1, -0.05) is 13.8 Å². The Morgan fingerprint density at radius 2 is 2.00 bits per heavy atom. The molecule has 1 atom stereocenters. The first-order chi connectivity index (χ1) is 9.38. The minimum atomic E-state index is -0.866. The van der Waals surface area contributed by atoms with E-state index in [-0.39, 0.29) is 24.0 Å². The van der Waals surface area contributed by atoms with Crippen LogP contribution >= 0.6 is 0 Å². The lowest BCUT2D eigenvalue weighted by molar-refractivity contribution is -0.142. The monoisotopic (exact) mass is 286 g/mol. The van der Waals surface area contributed by atoms with Crippen LogP contribution in [0.25, 0.3) is 0 Å². The van der Waals surface area contributed by atoms with E-state index in [4.69, 9.17) is 9.84 Å². The van der Waals surface area contributed by atoms with Gasteiger partial charge in [-0.3, -0.25) is 4.79 Å². The molecule has 6 heteroatoms. The zero-order valence-electron chi connectivity index (χ0n) is 12.6. The molecule has 1 fully saturated rings. The molecule has 0 saturated heterocycles. The van der Waals surface area contributed by atoms with Crippen molar-refractivity contribution in [1.29, 1.82) is 0 Å². The van der Waals surface area contributed by atoms with Crippen molar-refractivity contribution >= 4 is 12.0 Å². The molecule has 20 heavy (non-hydrogen) atoms. The van der Waals surface area contributed by atoms with Crippen molar-refractivity contribution in [2.24, 2.45) is 11.8 Å². The van der Waals surface area contributed by atoms with Crippen LogP contribution in [-0.2, 0) is 9.53 Å². The van der Waals surface area contributed by atoms with Gasteiger partial charge in [0.15, 0.2) is 0 Å². The van der Waals surface area contributed by atoms with E-state index in [0.29, 0.717) is 13.0 Å². The minimum Gasteiger partial charge on any atom is -0.481 e. The van der Waals surface area contributed by atoms with E-state index in [1.807, 2.05) is 13.8 Å². The fourth-order valence-electron chi connectivity index (χ4n) is 2.53. The van der Waals surface area contributed by atoms with Crippen molar-refractivity contribution in [3.05, 3.63) is 0 Å². The van der Waals surface area contributed by atoms with Crippen LogP contribution in [-0.4, -0.2) is 42.9 Å². The summed E-state index contributed by atoms with van der Waals surface area (Å²) < 4.78 is 5.13. The standard InChI is InChI=1S/C14H26N2O4/c1-10(2)7-11(12(17)18)8-15-13(19)16-14(9-20-3)5-4-6-14/h10-11H,4-9H2,1-3H3,(H,17,18)(H2,15,16,19). The van der Waals surface area contributed by atoms with Crippen LogP contribution in [0.4, 0.5) is 4.79 Å². The molecule has 116 valence electrons. The highest BCUT2D eigenvalue weighted by molar-refractivity contribution is 5.76. The third kappa shape index (κ3) is 5.00. The van der Waals surface area contributed by atoms with Crippen molar-refractivity contribution in [2.45, 2.75) is 45.1 Å². The summed E-state index contributed by atoms with van der Waals surface area (Å²) in [4.78, 5) is 23.0. The number of hydrogen-bond acceptors (Lipinski definition) is 3. The third-order valence-electron chi connectivity index (χ3n) is 3.72. The molecule has 0 aromatic heterocycles. The zero-order valence-corrected chi connectivity index (χ0v) is 12.6. The van der Waals surface area contributed by atoms with Crippen molar-refractivity contribution in [3.8, 4) is 0 Å². The second kappa shape index (κ2) is 7.47. The minimum absolute atomic E-state index is 0.155. The summed E-state index contributed by atoms with van der Waals surface area (Å²) in [5, 5.41) is 14.7. The Balaban J connectivity index is 2.39. The lowest BCUT2D eigenvalue weighted by Gasteiger charge is -2.41. The average molecular weight is 286 g/mol. The van der Waals surface area contributed by atoms with Gasteiger partial charge in [-0.15, -0.1) is 0 Å². The molecule has 0 aliphatic heterocycles. The fraction of sp³-hybridized carbons (Fsp3) is 0.857. The number of carbonyl (C=O) groups is 2. The molecule has 2 amide bonds. The Hall–Kier alpha value is -1.30. The molecular formula is C14H26N2O4. The number of methoxy groups -OCH3 is 1. The van der Waals surface area contributed by atoms with E-state index < -0.39 is 11.9 Å². The van der Waals surface area contributed by atoms with Crippen LogP contribution in [0.2, 0.25) is 0 Å². The van der Waals surface area contributed by atoms with Crippen LogP contribution < -0.4 is 10.6 Å². The Morgan fingerprint density at radius 3 is 2.40 bits per heavy atom. The largest absolute Gasteiger partial charge is 0.481 e. The smallest absolute Gasteiger partial charge is 0.315 e. The Bertz CT molecular complexity index is 340. The second-order valence-corrected chi connectivity index (χ2v) is 6.07. The highest BCUT2D eigenvalue weighted by Crippen LogP contribution is 2.31. The summed E-state index contributed by atoms with van der Waals surface area (Å²) in [5.74, 6) is -1.12. The van der Waals surface area contributed by atoms with Gasteiger partial charge in [0, 0.05) is 13.7 Å². The lowest BCUT2D eigenvalue weighted by atomic mass is 9.77. The highest BCUT2D eigenvalue weighted by atomic mass is 16.5. The summed E-state index contributed by atoms with van der Waals surface area (Å²) in [7, 11) is 1.61. The quantitative estimate of drug-likeness (QED) is 0.632. The Kier molecular flexibility index (Phi) is 6.26. The van der Waals surface area contributed by atoms with E-state index in [1.165, 1.54) is 0 Å². The van der Waals surface area contributed by atoms with E-state index in [1.54, 1.807) is 7.11 Å². The van der Waals surface area contributed by atoms with Crippen LogP contribution in [0.5, 0.6) is 0 Å². The molecule has 1 aliphatic carbocycles. The molecule has 1 rings (SSSR count). The van der Waals surface area contributed by atoms with Gasteiger partial charge in [0.25, 0.3) is 0 Å². The SMILES string of the molecule is COCC1(NC(=O)NCC(CC(C)C)C(=O)O)CCC1. The summed E-state index contributed by atoms with van der Waals surface area (Å²) in [6.07, 6.45) is 3.44. The maximum absolute atomic E-state index is 11.9. The normalized spacial score (nSPS) is 18.2. The number of aliphatic carboxylic acids is 1. The Morgan fingerprint density at radius 1 is 1.35 bits per heavy atom. The van der Waals surface area contributed by atoms with Gasteiger partial charge in [-0.2, -0.15) is 0 Å². The fourth-order valence-corrected chi connectivity index (χ4v) is 2.53. The molecule has 1 saturated carbocycles. The van der Waals surface area contributed by atoms with Gasteiger partial charge >= 0.3 is 12.0 Å². The Labute approximate surface area is 120 Å². The predicted octanol–water partition coefficient (Wildman–Crippen LogP) is 1.60. The van der Waals surface area contributed by atoms with E-state index >= 15 is 0 Å². The zero-order chi connectivity index (χ0) is 15.2. The summed E-state index contributed by atoms with van der Waals surface area (Å²) in [6, 6.07) is -0.309. The molecule has 1 unspecified atom stereocenters. The number of carboxylic acids is 1. The molecule has 0 aromatic carbocycles. The van der Waals surface area contributed by atoms with Crippen LogP contribution in [0.15, 0.2) is 0 Å². The molecular weight excluding hydrogens is 260 g/mol. The molecule has 0 radical (unpaired) electrons. The molecule has 0 bridgehead atoms. The predicted molar refractivity (Wildman–Crippen MR) is 75.6 cm³/mol. The van der Waals surface area contributed by atoms with E-state index in [2.05, 4.69) is 10.6 Å². The summed E-state index contributed by atoms with van der Waals surface area (Å²) >= 11 is 0. The number of rotatable bonds is 8. The van der Waals surface area contributed by atoms with Crippen LogP contribution in [0.1, 0.15) is 39.5 Å². The molecule has 6 nitrogen and oxygen atoms in total. The van der Waals surface area contributed by atoms with Crippen molar-refractivity contribution in [2.75, 3.05) is 20.3 Å². The van der Waals surface area contributed by atoms with E-state index in [9.17, 15) is 9.59 Å². The van der Waals surface area contributed by atoms with E-state index in [0.717, 1.165) is 19.3 Å². The molecule has 0 heterocycles. The number of nitrogens with one attached hydrogen (secondary N) is 2. The first-order valence-electron chi connectivity index (χ1n) is 7.16. The first kappa shape index (κ1) is 16.8. The maximum atomic E-state index is 11.9. The van der Waals surface area contributed by atoms with Gasteiger partial charge in [-0.25, -0.2) is 4.79 Å². The van der Waals surface area contributed by atoms with Crippen molar-refractivity contribution in [1.82, 2.24) is 10.6 Å². The number of amides is 2. The van der Waals surface area contributed by atoms with Gasteiger partial charge in [0.1, 0.15) is 0 Å². The molecule has 1 aliphatic rings. The second-order valence-electron chi connectivity index (χ2n) is 6.07. The van der Waals surface area contributed by atoms with Crippen LogP contribution in [0, 0.1) is 11.8 Å². The number of urea groups is 1. The molecule has 0 aromatic rings. The number of carboxylic acid groups (broad SMARTS) is 1. The molecule has 3 N–H and O–H groups in total. The van der Waals surface area contributed by atoms with Gasteiger partial charge in [0.05, 0.1) is 18.1 Å². The number of carbonyl (C=O) groups excluding carboxylic acids is 1. The summed E-state index contributed by atoms with van der Waals surface area (Å²) in [6.45, 7) is 4.59. The lowest BCUT2D eigenvalue weighted by Crippen LogP contribution is -2.59. The van der Waals surface area contributed by atoms with Crippen molar-refractivity contribution < 1.29 is 19.4 Å². The number of hydrogen-bond donors (Lipinski definition) is 3. The van der Waals surface area contributed by atoms with Crippen LogP contribution in [0.3, 0.4) is 0 Å².